The summed E-state index contributed by atoms with van der Waals surface area (Å²) in [5.74, 6) is 1.61. The summed E-state index contributed by atoms with van der Waals surface area (Å²) in [5.41, 5.74) is 19.2. The van der Waals surface area contributed by atoms with Gasteiger partial charge in [0.15, 0.2) is 6.29 Å². The van der Waals surface area contributed by atoms with Gasteiger partial charge in [-0.05, 0) is 79.6 Å². The Morgan fingerprint density at radius 2 is 1.76 bits per heavy atom. The molecule has 33 heavy (non-hydrogen) atoms. The quantitative estimate of drug-likeness (QED) is 0.547. The molecule has 7 heteroatoms. The molecule has 4 aliphatic heterocycles. The second-order valence-corrected chi connectivity index (χ2v) is 9.89. The Balaban J connectivity index is 1.32. The molecule has 5 atom stereocenters. The Labute approximate surface area is 195 Å². The lowest BCUT2D eigenvalue weighted by atomic mass is 9.88. The van der Waals surface area contributed by atoms with Gasteiger partial charge in [0.1, 0.15) is 0 Å². The van der Waals surface area contributed by atoms with Gasteiger partial charge in [0.25, 0.3) is 0 Å². The van der Waals surface area contributed by atoms with Crippen molar-refractivity contribution in [2.24, 2.45) is 21.8 Å². The molecule has 2 aromatic rings. The van der Waals surface area contributed by atoms with Crippen molar-refractivity contribution in [1.29, 1.82) is 0 Å². The SMILES string of the molecule is CC1NNc2cc(C3C=NC(N4CCC5CNCC5CC4)N=C3c3ccc(N)cc3)ccc21. The second kappa shape index (κ2) is 8.56. The maximum Gasteiger partial charge on any atom is 0.196 e. The molecule has 0 aliphatic carbocycles. The third-order valence-electron chi connectivity index (χ3n) is 7.83. The summed E-state index contributed by atoms with van der Waals surface area (Å²) in [6, 6.07) is 15.1. The fourth-order valence-corrected chi connectivity index (χ4v) is 5.79. The molecule has 0 amide bonds. The van der Waals surface area contributed by atoms with Gasteiger partial charge in [-0.3, -0.25) is 9.89 Å². The lowest BCUT2D eigenvalue weighted by Gasteiger charge is -2.30. The average molecular weight is 444 g/mol. The first-order valence-corrected chi connectivity index (χ1v) is 12.2. The van der Waals surface area contributed by atoms with Gasteiger partial charge in [-0.1, -0.05) is 24.3 Å². The number of fused-ring (bicyclic) bond motifs is 2. The number of nitrogens with one attached hydrogen (secondary N) is 3. The monoisotopic (exact) mass is 443 g/mol. The van der Waals surface area contributed by atoms with Crippen molar-refractivity contribution in [1.82, 2.24) is 15.6 Å². The van der Waals surface area contributed by atoms with Crippen molar-refractivity contribution >= 4 is 23.3 Å². The maximum atomic E-state index is 5.99. The van der Waals surface area contributed by atoms with E-state index >= 15 is 0 Å². The van der Waals surface area contributed by atoms with E-state index in [0.717, 1.165) is 60.7 Å². The van der Waals surface area contributed by atoms with Gasteiger partial charge in [0, 0.05) is 25.0 Å². The van der Waals surface area contributed by atoms with E-state index in [1.165, 1.54) is 24.0 Å². The van der Waals surface area contributed by atoms with Crippen molar-refractivity contribution in [3.8, 4) is 0 Å². The molecule has 0 bridgehead atoms. The van der Waals surface area contributed by atoms with Crippen LogP contribution in [-0.2, 0) is 0 Å². The highest BCUT2D eigenvalue weighted by Crippen LogP contribution is 2.34. The molecule has 0 spiro atoms. The molecule has 7 nitrogen and oxygen atoms in total. The number of nitrogens with zero attached hydrogens (tertiary/aromatic N) is 3. The molecule has 2 fully saturated rings. The Morgan fingerprint density at radius 3 is 2.52 bits per heavy atom. The molecule has 0 saturated carbocycles. The first-order valence-electron chi connectivity index (χ1n) is 12.2. The Morgan fingerprint density at radius 1 is 1.00 bits per heavy atom. The van der Waals surface area contributed by atoms with E-state index in [4.69, 9.17) is 15.7 Å². The number of aliphatic imine (C=N–C) groups is 2. The minimum atomic E-state index is -0.144. The van der Waals surface area contributed by atoms with Gasteiger partial charge in [-0.2, -0.15) is 0 Å². The highest BCUT2D eigenvalue weighted by Gasteiger charge is 2.34. The summed E-state index contributed by atoms with van der Waals surface area (Å²) < 4.78 is 0. The topological polar surface area (TPSA) is 90.1 Å². The molecule has 2 saturated heterocycles. The zero-order valence-corrected chi connectivity index (χ0v) is 19.2. The van der Waals surface area contributed by atoms with Crippen LogP contribution in [0.2, 0.25) is 0 Å². The minimum Gasteiger partial charge on any atom is -0.399 e. The number of hydrogen-bond donors (Lipinski definition) is 4. The smallest absolute Gasteiger partial charge is 0.196 e. The van der Waals surface area contributed by atoms with Crippen LogP contribution in [0.15, 0.2) is 52.4 Å². The third-order valence-corrected chi connectivity index (χ3v) is 7.83. The molecule has 5 unspecified atom stereocenters. The van der Waals surface area contributed by atoms with Crippen LogP contribution in [0.25, 0.3) is 0 Å². The maximum absolute atomic E-state index is 5.99. The predicted octanol–water partition coefficient (Wildman–Crippen LogP) is 3.13. The molecule has 4 aliphatic rings. The number of nitrogen functional groups attached to an aromatic ring is 1. The summed E-state index contributed by atoms with van der Waals surface area (Å²) in [7, 11) is 0. The molecular formula is C26H33N7. The lowest BCUT2D eigenvalue weighted by molar-refractivity contribution is 0.210. The van der Waals surface area contributed by atoms with Crippen LogP contribution >= 0.6 is 0 Å². The van der Waals surface area contributed by atoms with Crippen LogP contribution in [0.5, 0.6) is 0 Å². The first kappa shape index (κ1) is 20.8. The number of hydrogen-bond acceptors (Lipinski definition) is 7. The fourth-order valence-electron chi connectivity index (χ4n) is 5.79. The zero-order valence-electron chi connectivity index (χ0n) is 19.2. The van der Waals surface area contributed by atoms with Gasteiger partial charge in [-0.15, -0.1) is 0 Å². The number of nitrogens with two attached hydrogens (primary N) is 1. The number of rotatable bonds is 3. The van der Waals surface area contributed by atoms with E-state index in [0.29, 0.717) is 6.04 Å². The predicted molar refractivity (Wildman–Crippen MR) is 135 cm³/mol. The normalized spacial score (nSPS) is 31.4. The average Bonchev–Trinajstić information content (AvgIpc) is 3.39. The molecule has 6 rings (SSSR count). The van der Waals surface area contributed by atoms with Crippen LogP contribution < -0.4 is 21.9 Å². The van der Waals surface area contributed by atoms with Gasteiger partial charge >= 0.3 is 0 Å². The summed E-state index contributed by atoms with van der Waals surface area (Å²) >= 11 is 0. The van der Waals surface area contributed by atoms with Gasteiger partial charge in [0.05, 0.1) is 23.4 Å². The van der Waals surface area contributed by atoms with Crippen LogP contribution in [0.3, 0.4) is 0 Å². The molecule has 0 radical (unpaired) electrons. The molecule has 172 valence electrons. The van der Waals surface area contributed by atoms with Crippen LogP contribution in [0, 0.1) is 11.8 Å². The first-order chi connectivity index (χ1) is 16.2. The van der Waals surface area contributed by atoms with Crippen molar-refractivity contribution in [3.63, 3.8) is 0 Å². The Bertz CT molecular complexity index is 1060. The third kappa shape index (κ3) is 3.94. The van der Waals surface area contributed by atoms with Crippen molar-refractivity contribution in [3.05, 3.63) is 59.2 Å². The number of hydrazine groups is 1. The molecule has 4 heterocycles. The lowest BCUT2D eigenvalue weighted by Crippen LogP contribution is -2.38. The summed E-state index contributed by atoms with van der Waals surface area (Å²) in [6.07, 6.45) is 4.42. The largest absolute Gasteiger partial charge is 0.399 e. The highest BCUT2D eigenvalue weighted by molar-refractivity contribution is 6.14. The zero-order chi connectivity index (χ0) is 22.4. The van der Waals surface area contributed by atoms with Crippen molar-refractivity contribution in [2.75, 3.05) is 37.3 Å². The van der Waals surface area contributed by atoms with E-state index in [9.17, 15) is 0 Å². The van der Waals surface area contributed by atoms with Gasteiger partial charge < -0.3 is 16.5 Å². The number of likely N-dealkylation sites (tertiary alicyclic amines) is 1. The van der Waals surface area contributed by atoms with Crippen LogP contribution in [0.4, 0.5) is 11.4 Å². The van der Waals surface area contributed by atoms with E-state index < -0.39 is 0 Å². The summed E-state index contributed by atoms with van der Waals surface area (Å²) in [6.45, 7) is 6.60. The van der Waals surface area contributed by atoms with Crippen molar-refractivity contribution in [2.45, 2.75) is 38.0 Å². The molecule has 0 aromatic heterocycles. The van der Waals surface area contributed by atoms with Crippen molar-refractivity contribution < 1.29 is 0 Å². The standard InChI is InChI=1S/C26H33N7/c1-16-22-7-4-18(12-24(22)32-31-16)23-15-29-26(30-25(23)17-2-5-21(27)6-3-17)33-10-8-19-13-28-14-20(19)9-11-33/h2-7,12,15-16,19-20,23,26,28,31-32H,8-11,13-14,27H2,1H3. The molecule has 2 aromatic carbocycles. The summed E-state index contributed by atoms with van der Waals surface area (Å²) in [4.78, 5) is 12.7. The number of anilines is 2. The number of benzene rings is 2. The van der Waals surface area contributed by atoms with Crippen LogP contribution in [0.1, 0.15) is 48.4 Å². The second-order valence-electron chi connectivity index (χ2n) is 9.89. The van der Waals surface area contributed by atoms with E-state index in [2.05, 4.69) is 64.5 Å². The highest BCUT2D eigenvalue weighted by atomic mass is 15.4. The summed E-state index contributed by atoms with van der Waals surface area (Å²) in [5, 5.41) is 3.57. The van der Waals surface area contributed by atoms with E-state index in [1.807, 2.05) is 12.1 Å². The van der Waals surface area contributed by atoms with Gasteiger partial charge in [0.2, 0.25) is 0 Å². The fraction of sp³-hybridized carbons (Fsp3) is 0.462. The van der Waals surface area contributed by atoms with E-state index in [1.54, 1.807) is 0 Å². The molecule has 5 N–H and O–H groups in total. The van der Waals surface area contributed by atoms with Gasteiger partial charge in [-0.25, -0.2) is 10.4 Å². The van der Waals surface area contributed by atoms with Crippen LogP contribution in [-0.4, -0.2) is 49.3 Å². The Kier molecular flexibility index (Phi) is 5.40. The molecular weight excluding hydrogens is 410 g/mol. The van der Waals surface area contributed by atoms with E-state index in [-0.39, 0.29) is 12.2 Å². The minimum absolute atomic E-state index is 0.0171. The Hall–Kier alpha value is -2.74.